The number of nitrogens with one attached hydrogen (secondary N) is 2. The maximum absolute atomic E-state index is 12.8. The number of halogens is 1. The number of nitrogens with two attached hydrogens (primary N) is 2. The standard InChI is InChI=1S/C19H27ClN8O2/c20-13-15(22)25-14(21)12(24-13)16(29)26-18-23-10-19(27-18)6-8-28(9-7-19)17(30)11-4-2-1-3-5-11/h11H,1-10H2,(H4,21,22,25)(H2,23,26,27,29). The zero-order valence-electron chi connectivity index (χ0n) is 16.8. The van der Waals surface area contributed by atoms with Crippen molar-refractivity contribution in [3.8, 4) is 0 Å². The van der Waals surface area contributed by atoms with Crippen molar-refractivity contribution in [2.45, 2.75) is 50.5 Å². The Bertz CT molecular complexity index is 876. The number of amides is 2. The van der Waals surface area contributed by atoms with Crippen LogP contribution >= 0.6 is 11.6 Å². The van der Waals surface area contributed by atoms with Gasteiger partial charge in [-0.1, -0.05) is 30.9 Å². The van der Waals surface area contributed by atoms with Crippen LogP contribution in [0.2, 0.25) is 5.15 Å². The van der Waals surface area contributed by atoms with Gasteiger partial charge in [0.1, 0.15) is 0 Å². The number of hydrogen-bond acceptors (Lipinski definition) is 8. The second kappa shape index (κ2) is 8.25. The van der Waals surface area contributed by atoms with Gasteiger partial charge in [0.25, 0.3) is 5.91 Å². The lowest BCUT2D eigenvalue weighted by atomic mass is 9.85. The highest BCUT2D eigenvalue weighted by Crippen LogP contribution is 2.30. The van der Waals surface area contributed by atoms with Crippen LogP contribution in [-0.4, -0.2) is 57.8 Å². The molecule has 1 spiro atoms. The number of likely N-dealkylation sites (tertiary alicyclic amines) is 1. The molecule has 30 heavy (non-hydrogen) atoms. The molecule has 0 radical (unpaired) electrons. The molecule has 2 fully saturated rings. The summed E-state index contributed by atoms with van der Waals surface area (Å²) in [7, 11) is 0. The molecular formula is C19H27ClN8O2. The largest absolute Gasteiger partial charge is 0.382 e. The number of nitrogen functional groups attached to an aromatic ring is 2. The lowest BCUT2D eigenvalue weighted by molar-refractivity contribution is -0.138. The van der Waals surface area contributed by atoms with E-state index in [0.29, 0.717) is 31.5 Å². The number of carbonyl (C=O) groups is 2. The highest BCUT2D eigenvalue weighted by molar-refractivity contribution is 6.31. The van der Waals surface area contributed by atoms with E-state index in [4.69, 9.17) is 23.1 Å². The second-order valence-electron chi connectivity index (χ2n) is 8.32. The molecule has 0 atom stereocenters. The van der Waals surface area contributed by atoms with Gasteiger partial charge in [0.2, 0.25) is 5.91 Å². The first kappa shape index (κ1) is 20.6. The predicted molar refractivity (Wildman–Crippen MR) is 114 cm³/mol. The third-order valence-electron chi connectivity index (χ3n) is 6.26. The lowest BCUT2D eigenvalue weighted by Gasteiger charge is -2.40. The third-order valence-corrected chi connectivity index (χ3v) is 6.54. The van der Waals surface area contributed by atoms with Crippen molar-refractivity contribution in [3.63, 3.8) is 0 Å². The summed E-state index contributed by atoms with van der Waals surface area (Å²) in [5.74, 6) is 0.157. The molecule has 1 aromatic heterocycles. The average molecular weight is 435 g/mol. The van der Waals surface area contributed by atoms with Crippen LogP contribution in [0.1, 0.15) is 55.4 Å². The normalized spacial score (nSPS) is 21.2. The SMILES string of the molecule is Nc1nc(N)c(C(=O)NC2=NCC3(CCN(C(=O)C4CCCCC4)CC3)N2)nc1Cl. The van der Waals surface area contributed by atoms with Crippen LogP contribution in [0.15, 0.2) is 4.99 Å². The Balaban J connectivity index is 1.32. The minimum absolute atomic E-state index is 0.0319. The van der Waals surface area contributed by atoms with Crippen LogP contribution in [0.3, 0.4) is 0 Å². The molecule has 10 nitrogen and oxygen atoms in total. The van der Waals surface area contributed by atoms with Gasteiger partial charge in [0.15, 0.2) is 28.4 Å². The quantitative estimate of drug-likeness (QED) is 0.540. The fraction of sp³-hybridized carbons (Fsp3) is 0.632. The van der Waals surface area contributed by atoms with E-state index in [9.17, 15) is 9.59 Å². The lowest BCUT2D eigenvalue weighted by Crippen LogP contribution is -2.57. The van der Waals surface area contributed by atoms with E-state index in [1.807, 2.05) is 4.90 Å². The predicted octanol–water partition coefficient (Wildman–Crippen LogP) is 0.925. The summed E-state index contributed by atoms with van der Waals surface area (Å²) in [6, 6.07) is 0. The monoisotopic (exact) mass is 434 g/mol. The average Bonchev–Trinajstić information content (AvgIpc) is 3.13. The van der Waals surface area contributed by atoms with E-state index in [2.05, 4.69) is 25.6 Å². The van der Waals surface area contributed by atoms with Gasteiger partial charge in [-0.3, -0.25) is 19.9 Å². The number of hydrogen-bond donors (Lipinski definition) is 4. The summed E-state index contributed by atoms with van der Waals surface area (Å²) in [6.07, 6.45) is 7.14. The first-order valence-corrected chi connectivity index (χ1v) is 10.8. The number of guanidine groups is 1. The summed E-state index contributed by atoms with van der Waals surface area (Å²) in [5, 5.41) is 5.92. The maximum Gasteiger partial charge on any atom is 0.280 e. The fourth-order valence-corrected chi connectivity index (χ4v) is 4.58. The highest BCUT2D eigenvalue weighted by atomic mass is 35.5. The summed E-state index contributed by atoms with van der Waals surface area (Å²) >= 11 is 5.85. The Kier molecular flexibility index (Phi) is 5.68. The van der Waals surface area contributed by atoms with Crippen molar-refractivity contribution >= 4 is 41.0 Å². The van der Waals surface area contributed by atoms with Crippen LogP contribution in [0.5, 0.6) is 0 Å². The van der Waals surface area contributed by atoms with E-state index < -0.39 is 5.91 Å². The zero-order chi connectivity index (χ0) is 21.3. The number of anilines is 2. The molecule has 3 heterocycles. The van der Waals surface area contributed by atoms with Gasteiger partial charge in [-0.25, -0.2) is 9.97 Å². The van der Waals surface area contributed by atoms with E-state index in [1.54, 1.807) is 0 Å². The Hall–Kier alpha value is -2.62. The van der Waals surface area contributed by atoms with Crippen LogP contribution in [0.4, 0.5) is 11.6 Å². The van der Waals surface area contributed by atoms with Crippen LogP contribution < -0.4 is 22.1 Å². The molecule has 4 rings (SSSR count). The Morgan fingerprint density at radius 3 is 2.50 bits per heavy atom. The van der Waals surface area contributed by atoms with Crippen molar-refractivity contribution in [2.75, 3.05) is 31.1 Å². The molecule has 2 amide bonds. The van der Waals surface area contributed by atoms with Crippen molar-refractivity contribution < 1.29 is 9.59 Å². The van der Waals surface area contributed by atoms with E-state index in [-0.39, 0.29) is 33.9 Å². The van der Waals surface area contributed by atoms with Gasteiger partial charge in [-0.15, -0.1) is 0 Å². The molecule has 0 bridgehead atoms. The Morgan fingerprint density at radius 1 is 1.10 bits per heavy atom. The summed E-state index contributed by atoms with van der Waals surface area (Å²) in [5.41, 5.74) is 10.9. The number of carbonyl (C=O) groups excluding carboxylic acids is 2. The van der Waals surface area contributed by atoms with E-state index in [1.165, 1.54) is 6.42 Å². The van der Waals surface area contributed by atoms with Crippen molar-refractivity contribution in [1.29, 1.82) is 0 Å². The zero-order valence-corrected chi connectivity index (χ0v) is 17.5. The van der Waals surface area contributed by atoms with Crippen LogP contribution in [0.25, 0.3) is 0 Å². The smallest absolute Gasteiger partial charge is 0.280 e. The molecule has 2 aliphatic heterocycles. The van der Waals surface area contributed by atoms with Crippen molar-refractivity contribution in [1.82, 2.24) is 25.5 Å². The van der Waals surface area contributed by atoms with Crippen LogP contribution in [-0.2, 0) is 4.79 Å². The Morgan fingerprint density at radius 2 is 1.80 bits per heavy atom. The number of piperidine rings is 1. The number of nitrogens with zero attached hydrogens (tertiary/aromatic N) is 4. The van der Waals surface area contributed by atoms with Gasteiger partial charge in [-0.2, -0.15) is 0 Å². The number of aliphatic imine (C=N–C) groups is 1. The molecule has 6 N–H and O–H groups in total. The Labute approximate surface area is 179 Å². The van der Waals surface area contributed by atoms with Gasteiger partial charge < -0.3 is 21.7 Å². The minimum atomic E-state index is -0.560. The van der Waals surface area contributed by atoms with Crippen molar-refractivity contribution in [2.24, 2.45) is 10.9 Å². The minimum Gasteiger partial charge on any atom is -0.382 e. The first-order chi connectivity index (χ1) is 14.4. The molecule has 0 aromatic carbocycles. The molecule has 11 heteroatoms. The summed E-state index contributed by atoms with van der Waals surface area (Å²) in [4.78, 5) is 39.4. The molecular weight excluding hydrogens is 408 g/mol. The van der Waals surface area contributed by atoms with Gasteiger partial charge in [0, 0.05) is 19.0 Å². The van der Waals surface area contributed by atoms with Gasteiger partial charge in [-0.05, 0) is 25.7 Å². The molecule has 3 aliphatic rings. The maximum atomic E-state index is 12.8. The molecule has 1 aromatic rings. The molecule has 0 unspecified atom stereocenters. The van der Waals surface area contributed by atoms with Gasteiger partial charge in [0.05, 0.1) is 12.1 Å². The van der Waals surface area contributed by atoms with Crippen molar-refractivity contribution in [3.05, 3.63) is 10.8 Å². The molecule has 1 aliphatic carbocycles. The molecule has 1 saturated heterocycles. The summed E-state index contributed by atoms with van der Waals surface area (Å²) < 4.78 is 0. The topological polar surface area (TPSA) is 152 Å². The molecule has 162 valence electrons. The summed E-state index contributed by atoms with van der Waals surface area (Å²) in [6.45, 7) is 1.94. The highest BCUT2D eigenvalue weighted by Gasteiger charge is 2.41. The molecule has 1 saturated carbocycles. The van der Waals surface area contributed by atoms with E-state index >= 15 is 0 Å². The van der Waals surface area contributed by atoms with E-state index in [0.717, 1.165) is 38.5 Å². The van der Waals surface area contributed by atoms with Crippen LogP contribution in [0, 0.1) is 5.92 Å². The number of rotatable bonds is 2. The first-order valence-electron chi connectivity index (χ1n) is 10.4. The number of aromatic nitrogens is 2. The third kappa shape index (κ3) is 4.14. The second-order valence-corrected chi connectivity index (χ2v) is 8.68. The fourth-order valence-electron chi connectivity index (χ4n) is 4.45. The van der Waals surface area contributed by atoms with Gasteiger partial charge >= 0.3 is 0 Å².